The number of benzene rings is 2. The van der Waals surface area contributed by atoms with E-state index in [2.05, 4.69) is 31.2 Å². The maximum absolute atomic E-state index is 12.2. The molecule has 0 bridgehead atoms. The Morgan fingerprint density at radius 3 is 2.09 bits per heavy atom. The number of nitrogens with one attached hydrogen (secondary N) is 4. The van der Waals surface area contributed by atoms with Gasteiger partial charge in [0.2, 0.25) is 11.8 Å². The fourth-order valence-electron chi connectivity index (χ4n) is 3.24. The second-order valence-electron chi connectivity index (χ2n) is 7.68. The molecule has 0 radical (unpaired) electrons. The Labute approximate surface area is 194 Å². The molecule has 0 fully saturated rings. The lowest BCUT2D eigenvalue weighted by molar-refractivity contribution is -0.120. The molecule has 0 aliphatic heterocycles. The number of carbonyl (C=O) groups is 2. The molecular formula is C25H30N6O2. The largest absolute Gasteiger partial charge is 0.368 e. The first-order valence-corrected chi connectivity index (χ1v) is 11.0. The zero-order valence-electron chi connectivity index (χ0n) is 19.0. The summed E-state index contributed by atoms with van der Waals surface area (Å²) in [7, 11) is 0. The van der Waals surface area contributed by atoms with Crippen LogP contribution in [0.5, 0.6) is 0 Å². The van der Waals surface area contributed by atoms with Gasteiger partial charge in [-0.3, -0.25) is 9.59 Å². The van der Waals surface area contributed by atoms with Crippen molar-refractivity contribution in [1.82, 2.24) is 20.6 Å². The highest BCUT2D eigenvalue weighted by Crippen LogP contribution is 2.19. The molecule has 8 heteroatoms. The van der Waals surface area contributed by atoms with Crippen LogP contribution < -0.4 is 21.3 Å². The van der Waals surface area contributed by atoms with Crippen molar-refractivity contribution in [3.05, 3.63) is 71.8 Å². The molecule has 0 spiro atoms. The molecule has 0 saturated heterocycles. The third-order valence-corrected chi connectivity index (χ3v) is 4.76. The molecule has 3 rings (SSSR count). The minimum absolute atomic E-state index is 0.0182. The Morgan fingerprint density at radius 1 is 0.788 bits per heavy atom. The minimum Gasteiger partial charge on any atom is -0.368 e. The molecule has 2 amide bonds. The van der Waals surface area contributed by atoms with Crippen LogP contribution in [-0.4, -0.2) is 48.0 Å². The maximum Gasteiger partial charge on any atom is 0.224 e. The number of anilines is 2. The minimum atomic E-state index is -0.0729. The van der Waals surface area contributed by atoms with Gasteiger partial charge in [0.05, 0.1) is 6.42 Å². The summed E-state index contributed by atoms with van der Waals surface area (Å²) in [5, 5.41) is 12.2. The van der Waals surface area contributed by atoms with Gasteiger partial charge in [-0.05, 0) is 12.5 Å². The Hall–Kier alpha value is -3.94. The van der Waals surface area contributed by atoms with E-state index < -0.39 is 0 Å². The van der Waals surface area contributed by atoms with Gasteiger partial charge < -0.3 is 21.3 Å². The standard InChI is InChI=1S/C25H30N6O2/c1-18-7-6-8-20(15-18)16-24(33)29-14-13-28-23-17-22(27-12-11-26-19(2)32)30-25(31-23)21-9-4-3-5-10-21/h3-10,15,17H,11-14,16H2,1-2H3,(H,26,32)(H,29,33)(H2,27,28,30,31). The average molecular weight is 447 g/mol. The van der Waals surface area contributed by atoms with Crippen molar-refractivity contribution < 1.29 is 9.59 Å². The third-order valence-electron chi connectivity index (χ3n) is 4.76. The smallest absolute Gasteiger partial charge is 0.224 e. The number of nitrogens with zero attached hydrogens (tertiary/aromatic N) is 2. The molecule has 1 aromatic heterocycles. The van der Waals surface area contributed by atoms with Crippen LogP contribution in [0.4, 0.5) is 11.6 Å². The second-order valence-corrected chi connectivity index (χ2v) is 7.68. The summed E-state index contributed by atoms with van der Waals surface area (Å²) in [5.41, 5.74) is 3.04. The number of aryl methyl sites for hydroxylation is 1. The third kappa shape index (κ3) is 8.25. The summed E-state index contributed by atoms with van der Waals surface area (Å²) < 4.78 is 0. The van der Waals surface area contributed by atoms with Crippen molar-refractivity contribution in [2.75, 3.05) is 36.8 Å². The van der Waals surface area contributed by atoms with E-state index in [-0.39, 0.29) is 11.8 Å². The van der Waals surface area contributed by atoms with Gasteiger partial charge in [-0.2, -0.15) is 0 Å². The number of hydrogen-bond donors (Lipinski definition) is 4. The van der Waals surface area contributed by atoms with E-state index in [9.17, 15) is 9.59 Å². The maximum atomic E-state index is 12.2. The SMILES string of the molecule is CC(=O)NCCNc1cc(NCCNC(=O)Cc2cccc(C)c2)nc(-c2ccccc2)n1. The quantitative estimate of drug-likeness (QED) is 0.337. The van der Waals surface area contributed by atoms with Gasteiger partial charge in [0.25, 0.3) is 0 Å². The molecule has 0 atom stereocenters. The molecule has 8 nitrogen and oxygen atoms in total. The molecule has 0 aliphatic rings. The van der Waals surface area contributed by atoms with Crippen LogP contribution >= 0.6 is 0 Å². The summed E-state index contributed by atoms with van der Waals surface area (Å²) in [6.45, 7) is 5.53. The van der Waals surface area contributed by atoms with Crippen molar-refractivity contribution in [3.8, 4) is 11.4 Å². The molecule has 0 saturated carbocycles. The first-order chi connectivity index (χ1) is 16.0. The zero-order valence-corrected chi connectivity index (χ0v) is 19.0. The summed E-state index contributed by atoms with van der Waals surface area (Å²) in [4.78, 5) is 32.5. The fourth-order valence-corrected chi connectivity index (χ4v) is 3.24. The summed E-state index contributed by atoms with van der Waals surface area (Å²) in [6, 6.07) is 19.5. The van der Waals surface area contributed by atoms with Crippen LogP contribution in [0.3, 0.4) is 0 Å². The van der Waals surface area contributed by atoms with E-state index in [1.807, 2.05) is 67.6 Å². The monoisotopic (exact) mass is 446 g/mol. The first-order valence-electron chi connectivity index (χ1n) is 11.0. The lowest BCUT2D eigenvalue weighted by atomic mass is 10.1. The highest BCUT2D eigenvalue weighted by atomic mass is 16.2. The molecule has 0 aliphatic carbocycles. The van der Waals surface area contributed by atoms with Crippen molar-refractivity contribution in [1.29, 1.82) is 0 Å². The van der Waals surface area contributed by atoms with Crippen molar-refractivity contribution in [2.24, 2.45) is 0 Å². The number of amides is 2. The van der Waals surface area contributed by atoms with E-state index in [1.54, 1.807) is 0 Å². The van der Waals surface area contributed by atoms with Gasteiger partial charge in [-0.1, -0.05) is 60.2 Å². The summed E-state index contributed by atoms with van der Waals surface area (Å²) >= 11 is 0. The van der Waals surface area contributed by atoms with Crippen LogP contribution in [0.2, 0.25) is 0 Å². The van der Waals surface area contributed by atoms with Gasteiger partial charge in [-0.25, -0.2) is 9.97 Å². The number of aromatic nitrogens is 2. The van der Waals surface area contributed by atoms with E-state index in [0.717, 1.165) is 16.7 Å². The van der Waals surface area contributed by atoms with Gasteiger partial charge >= 0.3 is 0 Å². The van der Waals surface area contributed by atoms with Crippen molar-refractivity contribution in [2.45, 2.75) is 20.3 Å². The average Bonchev–Trinajstić information content (AvgIpc) is 2.80. The molecular weight excluding hydrogens is 416 g/mol. The van der Waals surface area contributed by atoms with Crippen LogP contribution in [0.15, 0.2) is 60.7 Å². The van der Waals surface area contributed by atoms with E-state index in [1.165, 1.54) is 6.92 Å². The Bertz CT molecular complexity index is 1070. The Balaban J connectivity index is 1.56. The highest BCUT2D eigenvalue weighted by Gasteiger charge is 2.08. The summed E-state index contributed by atoms with van der Waals surface area (Å²) in [5.74, 6) is 1.80. The second kappa shape index (κ2) is 12.2. The topological polar surface area (TPSA) is 108 Å². The van der Waals surface area contributed by atoms with E-state index in [4.69, 9.17) is 0 Å². The molecule has 4 N–H and O–H groups in total. The molecule has 3 aromatic rings. The van der Waals surface area contributed by atoms with Gasteiger partial charge in [0.15, 0.2) is 5.82 Å². The van der Waals surface area contributed by atoms with Crippen LogP contribution in [0.25, 0.3) is 11.4 Å². The molecule has 33 heavy (non-hydrogen) atoms. The molecule has 0 unspecified atom stereocenters. The number of rotatable bonds is 11. The zero-order chi connectivity index (χ0) is 23.5. The van der Waals surface area contributed by atoms with Gasteiger partial charge in [-0.15, -0.1) is 0 Å². The predicted molar refractivity (Wildman–Crippen MR) is 131 cm³/mol. The molecule has 2 aromatic carbocycles. The van der Waals surface area contributed by atoms with Gasteiger partial charge in [0, 0.05) is 44.7 Å². The van der Waals surface area contributed by atoms with Crippen LogP contribution in [-0.2, 0) is 16.0 Å². The first kappa shape index (κ1) is 23.7. The Kier molecular flexibility index (Phi) is 8.76. The van der Waals surface area contributed by atoms with Gasteiger partial charge in [0.1, 0.15) is 11.6 Å². The van der Waals surface area contributed by atoms with Crippen LogP contribution in [0.1, 0.15) is 18.1 Å². The molecule has 1 heterocycles. The normalized spacial score (nSPS) is 10.4. The van der Waals surface area contributed by atoms with Crippen molar-refractivity contribution in [3.63, 3.8) is 0 Å². The van der Waals surface area contributed by atoms with E-state index >= 15 is 0 Å². The summed E-state index contributed by atoms with van der Waals surface area (Å²) in [6.07, 6.45) is 0.357. The van der Waals surface area contributed by atoms with Crippen LogP contribution in [0, 0.1) is 6.92 Å². The highest BCUT2D eigenvalue weighted by molar-refractivity contribution is 5.78. The molecule has 172 valence electrons. The number of carbonyl (C=O) groups excluding carboxylic acids is 2. The lowest BCUT2D eigenvalue weighted by Crippen LogP contribution is -2.30. The fraction of sp³-hybridized carbons (Fsp3) is 0.280. The Morgan fingerprint density at radius 2 is 1.45 bits per heavy atom. The van der Waals surface area contributed by atoms with E-state index in [0.29, 0.717) is 50.1 Å². The predicted octanol–water partition coefficient (Wildman–Crippen LogP) is 2.77. The number of hydrogen-bond acceptors (Lipinski definition) is 6. The van der Waals surface area contributed by atoms with Crippen molar-refractivity contribution >= 4 is 23.5 Å². The lowest BCUT2D eigenvalue weighted by Gasteiger charge is -2.12.